The third-order valence-electron chi connectivity index (χ3n) is 3.13. The molecule has 2 amide bonds. The number of non-ortho nitro benzene ring substituents is 1. The number of aromatic hydroxyl groups is 1. The summed E-state index contributed by atoms with van der Waals surface area (Å²) in [7, 11) is 0. The second-order valence-electron chi connectivity index (χ2n) is 5.08. The van der Waals surface area contributed by atoms with E-state index in [-0.39, 0.29) is 27.4 Å². The molecule has 0 heterocycles. The maximum Gasteiger partial charge on any atom is 0.271 e. The minimum absolute atomic E-state index is 0.0624. The van der Waals surface area contributed by atoms with Crippen molar-refractivity contribution in [1.82, 2.24) is 5.43 Å². The number of hydrazone groups is 1. The van der Waals surface area contributed by atoms with E-state index in [0.717, 1.165) is 18.3 Å². The second kappa shape index (κ2) is 8.21. The van der Waals surface area contributed by atoms with E-state index in [1.54, 1.807) is 12.1 Å². The van der Waals surface area contributed by atoms with Crippen LogP contribution in [-0.2, 0) is 4.79 Å². The molecule has 26 heavy (non-hydrogen) atoms. The van der Waals surface area contributed by atoms with Gasteiger partial charge in [-0.2, -0.15) is 5.10 Å². The zero-order valence-electron chi connectivity index (χ0n) is 13.4. The molecule has 10 heteroatoms. The van der Waals surface area contributed by atoms with Crippen molar-refractivity contribution in [3.63, 3.8) is 0 Å². The summed E-state index contributed by atoms with van der Waals surface area (Å²) in [6, 6.07) is 8.39. The topological polar surface area (TPSA) is 134 Å². The lowest BCUT2D eigenvalue weighted by Gasteiger charge is -2.04. The molecular formula is C16H13BrN4O5. The molecule has 0 aromatic heterocycles. The van der Waals surface area contributed by atoms with Crippen LogP contribution in [0.15, 0.2) is 46.0 Å². The number of phenolic OH excluding ortho intramolecular Hbond substituents is 1. The van der Waals surface area contributed by atoms with Gasteiger partial charge in [0.1, 0.15) is 5.75 Å². The molecule has 0 aliphatic carbocycles. The molecule has 2 rings (SSSR count). The van der Waals surface area contributed by atoms with Crippen LogP contribution in [0.3, 0.4) is 0 Å². The molecule has 2 aromatic rings. The molecule has 0 aliphatic heterocycles. The van der Waals surface area contributed by atoms with Gasteiger partial charge in [0.05, 0.1) is 15.6 Å². The van der Waals surface area contributed by atoms with Crippen molar-refractivity contribution in [2.24, 2.45) is 5.10 Å². The smallest absolute Gasteiger partial charge is 0.271 e. The number of nitro benzene ring substituents is 1. The summed E-state index contributed by atoms with van der Waals surface area (Å²) < 4.78 is 0.132. The van der Waals surface area contributed by atoms with Crippen molar-refractivity contribution in [1.29, 1.82) is 0 Å². The number of nitrogens with one attached hydrogen (secondary N) is 2. The Labute approximate surface area is 156 Å². The Morgan fingerprint density at radius 3 is 2.50 bits per heavy atom. The van der Waals surface area contributed by atoms with Gasteiger partial charge >= 0.3 is 0 Å². The highest BCUT2D eigenvalue weighted by Crippen LogP contribution is 2.31. The first kappa shape index (κ1) is 19.1. The van der Waals surface area contributed by atoms with Crippen molar-refractivity contribution in [3.8, 4) is 5.75 Å². The highest BCUT2D eigenvalue weighted by Gasteiger charge is 2.13. The molecule has 134 valence electrons. The first-order valence-electron chi connectivity index (χ1n) is 7.16. The van der Waals surface area contributed by atoms with Crippen molar-refractivity contribution in [2.45, 2.75) is 6.92 Å². The SMILES string of the molecule is CC(=O)Nc1ccc(C(=O)NN=Cc2cc([N+](=O)[O-])cc(Br)c2O)cc1. The van der Waals surface area contributed by atoms with E-state index in [0.29, 0.717) is 11.3 Å². The average Bonchev–Trinajstić information content (AvgIpc) is 2.58. The number of anilines is 1. The lowest BCUT2D eigenvalue weighted by molar-refractivity contribution is -0.385. The van der Waals surface area contributed by atoms with Crippen LogP contribution in [0.5, 0.6) is 5.75 Å². The number of carbonyl (C=O) groups is 2. The molecule has 0 unspecified atom stereocenters. The fourth-order valence-corrected chi connectivity index (χ4v) is 2.41. The molecule has 0 fully saturated rings. The van der Waals surface area contributed by atoms with E-state index in [2.05, 4.69) is 31.8 Å². The van der Waals surface area contributed by atoms with Gasteiger partial charge in [0, 0.05) is 35.9 Å². The van der Waals surface area contributed by atoms with Crippen LogP contribution in [0.25, 0.3) is 0 Å². The van der Waals surface area contributed by atoms with Gasteiger partial charge in [-0.15, -0.1) is 0 Å². The van der Waals surface area contributed by atoms with E-state index >= 15 is 0 Å². The molecule has 2 aromatic carbocycles. The number of rotatable bonds is 5. The maximum atomic E-state index is 12.0. The van der Waals surface area contributed by atoms with Crippen LogP contribution in [0.4, 0.5) is 11.4 Å². The Bertz CT molecular complexity index is 896. The van der Waals surface area contributed by atoms with Crippen molar-refractivity contribution in [2.75, 3.05) is 5.32 Å². The monoisotopic (exact) mass is 420 g/mol. The fraction of sp³-hybridized carbons (Fsp3) is 0.0625. The van der Waals surface area contributed by atoms with Crippen LogP contribution in [0, 0.1) is 10.1 Å². The summed E-state index contributed by atoms with van der Waals surface area (Å²) in [5.41, 5.74) is 2.91. The van der Waals surface area contributed by atoms with Gasteiger partial charge in [-0.05, 0) is 40.2 Å². The van der Waals surface area contributed by atoms with Crippen LogP contribution in [0.2, 0.25) is 0 Å². The third-order valence-corrected chi connectivity index (χ3v) is 3.73. The molecule has 0 radical (unpaired) electrons. The maximum absolute atomic E-state index is 12.0. The number of nitro groups is 1. The minimum Gasteiger partial charge on any atom is -0.506 e. The van der Waals surface area contributed by atoms with Crippen LogP contribution < -0.4 is 10.7 Å². The Morgan fingerprint density at radius 2 is 1.92 bits per heavy atom. The first-order chi connectivity index (χ1) is 12.3. The van der Waals surface area contributed by atoms with Crippen molar-refractivity contribution < 1.29 is 19.6 Å². The van der Waals surface area contributed by atoms with E-state index in [1.165, 1.54) is 19.1 Å². The predicted octanol–water partition coefficient (Wildman–Crippen LogP) is 2.79. The van der Waals surface area contributed by atoms with Gasteiger partial charge in [-0.25, -0.2) is 5.43 Å². The molecule has 0 saturated carbocycles. The summed E-state index contributed by atoms with van der Waals surface area (Å²) in [6.45, 7) is 1.37. The number of nitrogens with zero attached hydrogens (tertiary/aromatic N) is 2. The fourth-order valence-electron chi connectivity index (χ4n) is 1.94. The van der Waals surface area contributed by atoms with E-state index < -0.39 is 10.8 Å². The predicted molar refractivity (Wildman–Crippen MR) is 98.3 cm³/mol. The molecule has 0 spiro atoms. The molecule has 0 aliphatic rings. The highest BCUT2D eigenvalue weighted by molar-refractivity contribution is 9.10. The van der Waals surface area contributed by atoms with Gasteiger partial charge in [0.2, 0.25) is 5.91 Å². The first-order valence-corrected chi connectivity index (χ1v) is 7.95. The summed E-state index contributed by atoms with van der Waals surface area (Å²) in [4.78, 5) is 33.2. The Morgan fingerprint density at radius 1 is 1.27 bits per heavy atom. The number of carbonyl (C=O) groups excluding carboxylic acids is 2. The van der Waals surface area contributed by atoms with Gasteiger partial charge < -0.3 is 10.4 Å². The van der Waals surface area contributed by atoms with E-state index in [1.807, 2.05) is 0 Å². The van der Waals surface area contributed by atoms with Gasteiger partial charge in [0.15, 0.2) is 0 Å². The number of amides is 2. The van der Waals surface area contributed by atoms with Gasteiger partial charge in [-0.1, -0.05) is 0 Å². The lowest BCUT2D eigenvalue weighted by atomic mass is 10.2. The van der Waals surface area contributed by atoms with Gasteiger partial charge in [0.25, 0.3) is 11.6 Å². The Kier molecular flexibility index (Phi) is 6.02. The largest absolute Gasteiger partial charge is 0.506 e. The van der Waals surface area contributed by atoms with Crippen LogP contribution in [0.1, 0.15) is 22.8 Å². The minimum atomic E-state index is -0.614. The molecular weight excluding hydrogens is 408 g/mol. The summed E-state index contributed by atoms with van der Waals surface area (Å²) in [5.74, 6) is -0.998. The van der Waals surface area contributed by atoms with E-state index in [4.69, 9.17) is 0 Å². The van der Waals surface area contributed by atoms with Gasteiger partial charge in [-0.3, -0.25) is 19.7 Å². The number of halogens is 1. The third kappa shape index (κ3) is 4.86. The zero-order valence-corrected chi connectivity index (χ0v) is 15.0. The molecule has 0 bridgehead atoms. The molecule has 0 saturated heterocycles. The van der Waals surface area contributed by atoms with Crippen molar-refractivity contribution >= 4 is 45.3 Å². The molecule has 3 N–H and O–H groups in total. The Balaban J connectivity index is 2.09. The summed E-state index contributed by atoms with van der Waals surface area (Å²) in [5, 5.41) is 27.0. The lowest BCUT2D eigenvalue weighted by Crippen LogP contribution is -2.17. The average molecular weight is 421 g/mol. The van der Waals surface area contributed by atoms with Crippen molar-refractivity contribution in [3.05, 3.63) is 62.1 Å². The normalized spacial score (nSPS) is 10.5. The Hall–Kier alpha value is -3.27. The highest BCUT2D eigenvalue weighted by atomic mass is 79.9. The summed E-state index contributed by atoms with van der Waals surface area (Å²) in [6.07, 6.45) is 1.09. The number of hydrogen-bond acceptors (Lipinski definition) is 6. The quantitative estimate of drug-likeness (QED) is 0.388. The number of hydrogen-bond donors (Lipinski definition) is 3. The number of phenols is 1. The number of benzene rings is 2. The summed E-state index contributed by atoms with van der Waals surface area (Å²) >= 11 is 3.01. The molecule has 9 nitrogen and oxygen atoms in total. The van der Waals surface area contributed by atoms with Crippen LogP contribution in [-0.4, -0.2) is 28.1 Å². The standard InChI is InChI=1S/C16H13BrN4O5/c1-9(22)19-12-4-2-10(3-5-12)16(24)20-18-8-11-6-13(21(25)26)7-14(17)15(11)23/h2-8,23H,1H3,(H,19,22)(H,20,24). The van der Waals surface area contributed by atoms with E-state index in [9.17, 15) is 24.8 Å². The molecule has 0 atom stereocenters. The van der Waals surface area contributed by atoms with Crippen LogP contribution >= 0.6 is 15.9 Å². The zero-order chi connectivity index (χ0) is 19.3. The second-order valence-corrected chi connectivity index (χ2v) is 5.93.